The van der Waals surface area contributed by atoms with Crippen LogP contribution in [0.3, 0.4) is 0 Å². The topological polar surface area (TPSA) is 57.6 Å². The number of rotatable bonds is 5. The highest BCUT2D eigenvalue weighted by atomic mass is 16.2. The molecule has 26 heavy (non-hydrogen) atoms. The van der Waals surface area contributed by atoms with E-state index >= 15 is 0 Å². The number of fused-ring (bicyclic) bond motifs is 1. The average Bonchev–Trinajstić information content (AvgIpc) is 3.18. The van der Waals surface area contributed by atoms with Crippen LogP contribution in [-0.4, -0.2) is 64.9 Å². The van der Waals surface area contributed by atoms with Crippen LogP contribution in [-0.2, 0) is 11.8 Å². The lowest BCUT2D eigenvalue weighted by molar-refractivity contribution is -0.135. The van der Waals surface area contributed by atoms with E-state index in [-0.39, 0.29) is 23.9 Å². The minimum Gasteiger partial charge on any atom is -0.351 e. The van der Waals surface area contributed by atoms with E-state index in [0.717, 1.165) is 10.9 Å². The number of carbonyl (C=O) groups excluding carboxylic acids is 2. The summed E-state index contributed by atoms with van der Waals surface area (Å²) in [6.07, 6.45) is 2.64. The number of aromatic nitrogens is 1. The second-order valence-corrected chi connectivity index (χ2v) is 7.07. The lowest BCUT2D eigenvalue weighted by atomic mass is 10.1. The van der Waals surface area contributed by atoms with Crippen molar-refractivity contribution in [1.82, 2.24) is 19.7 Å². The molecule has 2 heterocycles. The molecule has 6 heteroatoms. The predicted octanol–water partition coefficient (Wildman–Crippen LogP) is 1.85. The van der Waals surface area contributed by atoms with Crippen molar-refractivity contribution in [1.29, 1.82) is 0 Å². The molecule has 0 aliphatic carbocycles. The van der Waals surface area contributed by atoms with E-state index in [9.17, 15) is 9.59 Å². The fourth-order valence-electron chi connectivity index (χ4n) is 3.81. The highest BCUT2D eigenvalue weighted by Gasteiger charge is 2.36. The van der Waals surface area contributed by atoms with Gasteiger partial charge in [-0.1, -0.05) is 6.07 Å². The first-order valence-corrected chi connectivity index (χ1v) is 9.29. The van der Waals surface area contributed by atoms with Crippen molar-refractivity contribution < 1.29 is 9.59 Å². The zero-order chi connectivity index (χ0) is 18.8. The van der Waals surface area contributed by atoms with Crippen LogP contribution in [0, 0.1) is 0 Å². The summed E-state index contributed by atoms with van der Waals surface area (Å²) in [5.41, 5.74) is 1.69. The lowest BCUT2D eigenvalue weighted by Gasteiger charge is -2.26. The minimum absolute atomic E-state index is 0.0129. The third-order valence-corrected chi connectivity index (χ3v) is 5.39. The van der Waals surface area contributed by atoms with E-state index in [0.29, 0.717) is 31.6 Å². The van der Waals surface area contributed by atoms with Crippen LogP contribution in [0.15, 0.2) is 30.5 Å². The van der Waals surface area contributed by atoms with E-state index in [1.54, 1.807) is 0 Å². The largest absolute Gasteiger partial charge is 0.351 e. The van der Waals surface area contributed by atoms with Crippen molar-refractivity contribution in [3.63, 3.8) is 0 Å². The number of hydrogen-bond donors (Lipinski definition) is 1. The van der Waals surface area contributed by atoms with Crippen LogP contribution < -0.4 is 5.32 Å². The first-order chi connectivity index (χ1) is 12.4. The summed E-state index contributed by atoms with van der Waals surface area (Å²) in [6, 6.07) is 7.61. The first kappa shape index (κ1) is 18.5. The van der Waals surface area contributed by atoms with Gasteiger partial charge in [0.15, 0.2) is 0 Å². The van der Waals surface area contributed by atoms with Gasteiger partial charge < -0.3 is 14.8 Å². The highest BCUT2D eigenvalue weighted by molar-refractivity contribution is 5.98. The van der Waals surface area contributed by atoms with Crippen LogP contribution in [0.25, 0.3) is 10.9 Å². The second-order valence-electron chi connectivity index (χ2n) is 7.07. The molecule has 0 unspecified atom stereocenters. The summed E-state index contributed by atoms with van der Waals surface area (Å²) in [5.74, 6) is 0.0712. The van der Waals surface area contributed by atoms with Crippen LogP contribution in [0.4, 0.5) is 0 Å². The molecule has 1 fully saturated rings. The van der Waals surface area contributed by atoms with Crippen LogP contribution in [0.2, 0.25) is 0 Å². The molecule has 1 aliphatic rings. The van der Waals surface area contributed by atoms with Gasteiger partial charge in [0.1, 0.15) is 0 Å². The summed E-state index contributed by atoms with van der Waals surface area (Å²) in [5, 5.41) is 4.22. The summed E-state index contributed by atoms with van der Waals surface area (Å²) in [6.45, 7) is 6.11. The Morgan fingerprint density at radius 1 is 1.19 bits per heavy atom. The molecule has 1 aliphatic heterocycles. The van der Waals surface area contributed by atoms with Gasteiger partial charge in [-0.25, -0.2) is 0 Å². The molecule has 2 aromatic rings. The fourth-order valence-corrected chi connectivity index (χ4v) is 3.81. The monoisotopic (exact) mass is 356 g/mol. The molecular formula is C20H28N4O2. The number of nitrogens with zero attached hydrogens (tertiary/aromatic N) is 3. The SMILES string of the molecule is CCN(CC)C(=O)[C@@H]1C[C@H](NC(=O)c2ccc3ccn(C)c3c2)CN1C. The number of nitrogens with one attached hydrogen (secondary N) is 1. The van der Waals surface area contributed by atoms with Crippen LogP contribution >= 0.6 is 0 Å². The summed E-state index contributed by atoms with van der Waals surface area (Å²) < 4.78 is 2.01. The number of amides is 2. The molecule has 0 bridgehead atoms. The third-order valence-electron chi connectivity index (χ3n) is 5.39. The number of benzene rings is 1. The molecule has 0 saturated carbocycles. The number of aryl methyl sites for hydroxylation is 1. The molecule has 1 saturated heterocycles. The molecule has 2 amide bonds. The molecule has 0 spiro atoms. The molecule has 2 atom stereocenters. The van der Waals surface area contributed by atoms with Gasteiger partial charge in [-0.05, 0) is 50.9 Å². The number of carbonyl (C=O) groups is 2. The summed E-state index contributed by atoms with van der Waals surface area (Å²) >= 11 is 0. The molecule has 6 nitrogen and oxygen atoms in total. The van der Waals surface area contributed by atoms with Crippen molar-refractivity contribution >= 4 is 22.7 Å². The Hall–Kier alpha value is -2.34. The smallest absolute Gasteiger partial charge is 0.251 e. The Morgan fingerprint density at radius 3 is 2.62 bits per heavy atom. The number of likely N-dealkylation sites (N-methyl/N-ethyl adjacent to an activating group) is 2. The van der Waals surface area contributed by atoms with Crippen molar-refractivity contribution in [3.05, 3.63) is 36.0 Å². The predicted molar refractivity (Wildman–Crippen MR) is 103 cm³/mol. The lowest BCUT2D eigenvalue weighted by Crippen LogP contribution is -2.44. The van der Waals surface area contributed by atoms with Crippen molar-refractivity contribution in [2.45, 2.75) is 32.4 Å². The Morgan fingerprint density at radius 2 is 1.92 bits per heavy atom. The van der Waals surface area contributed by atoms with Crippen molar-refractivity contribution in [2.24, 2.45) is 7.05 Å². The minimum atomic E-state index is -0.157. The quantitative estimate of drug-likeness (QED) is 0.889. The van der Waals surface area contributed by atoms with Gasteiger partial charge in [-0.3, -0.25) is 14.5 Å². The van der Waals surface area contributed by atoms with Gasteiger partial charge in [0.2, 0.25) is 5.91 Å². The maximum atomic E-state index is 12.7. The van der Waals surface area contributed by atoms with Gasteiger partial charge in [0, 0.05) is 50.0 Å². The number of hydrogen-bond acceptors (Lipinski definition) is 3. The average molecular weight is 356 g/mol. The van der Waals surface area contributed by atoms with Crippen molar-refractivity contribution in [3.8, 4) is 0 Å². The Kier molecular flexibility index (Phi) is 5.32. The van der Waals surface area contributed by atoms with Gasteiger partial charge in [-0.15, -0.1) is 0 Å². The van der Waals surface area contributed by atoms with Gasteiger partial charge in [0.05, 0.1) is 6.04 Å². The molecule has 140 valence electrons. The second kappa shape index (κ2) is 7.50. The van der Waals surface area contributed by atoms with E-state index in [1.165, 1.54) is 0 Å². The molecule has 1 aromatic heterocycles. The maximum absolute atomic E-state index is 12.7. The normalized spacial score (nSPS) is 20.5. The van der Waals surface area contributed by atoms with Crippen LogP contribution in [0.1, 0.15) is 30.6 Å². The maximum Gasteiger partial charge on any atom is 0.251 e. The van der Waals surface area contributed by atoms with E-state index < -0.39 is 0 Å². The first-order valence-electron chi connectivity index (χ1n) is 9.29. The number of likely N-dealkylation sites (tertiary alicyclic amines) is 1. The molecule has 1 aromatic carbocycles. The molecule has 0 radical (unpaired) electrons. The van der Waals surface area contributed by atoms with E-state index in [1.807, 2.05) is 72.8 Å². The van der Waals surface area contributed by atoms with Gasteiger partial charge in [0.25, 0.3) is 5.91 Å². The molecule has 3 rings (SSSR count). The Balaban J connectivity index is 1.67. The Bertz CT molecular complexity index is 809. The fraction of sp³-hybridized carbons (Fsp3) is 0.500. The molecular weight excluding hydrogens is 328 g/mol. The van der Waals surface area contributed by atoms with E-state index in [4.69, 9.17) is 0 Å². The third kappa shape index (κ3) is 3.46. The van der Waals surface area contributed by atoms with Crippen molar-refractivity contribution in [2.75, 3.05) is 26.7 Å². The molecule has 1 N–H and O–H groups in total. The summed E-state index contributed by atoms with van der Waals surface area (Å²) in [4.78, 5) is 29.2. The summed E-state index contributed by atoms with van der Waals surface area (Å²) in [7, 11) is 3.92. The van der Waals surface area contributed by atoms with E-state index in [2.05, 4.69) is 5.32 Å². The zero-order valence-electron chi connectivity index (χ0n) is 16.0. The Labute approximate surface area is 154 Å². The van der Waals surface area contributed by atoms with Gasteiger partial charge in [-0.2, -0.15) is 0 Å². The highest BCUT2D eigenvalue weighted by Crippen LogP contribution is 2.20. The van der Waals surface area contributed by atoms with Crippen LogP contribution in [0.5, 0.6) is 0 Å². The van der Waals surface area contributed by atoms with Gasteiger partial charge >= 0.3 is 0 Å². The standard InChI is InChI=1S/C20H28N4O2/c1-5-24(6-2)20(26)18-12-16(13-23(18)4)21-19(25)15-8-7-14-9-10-22(3)17(14)11-15/h7-11,16,18H,5-6,12-13H2,1-4H3,(H,21,25)/t16-,18-/m0/s1. The zero-order valence-corrected chi connectivity index (χ0v) is 16.0.